The van der Waals surface area contributed by atoms with E-state index in [1.54, 1.807) is 0 Å². The highest BCUT2D eigenvalue weighted by molar-refractivity contribution is 5.85. The minimum Gasteiger partial charge on any atom is -0.341 e. The molecule has 0 unspecified atom stereocenters. The molecule has 1 aliphatic rings. The number of rotatable bonds is 4. The van der Waals surface area contributed by atoms with E-state index < -0.39 is 6.04 Å². The van der Waals surface area contributed by atoms with Crippen molar-refractivity contribution in [1.82, 2.24) is 14.5 Å². The number of hydrogen-bond donors (Lipinski definition) is 2. The number of nitrogens with two attached hydrogens (primary N) is 1. The third-order valence-corrected chi connectivity index (χ3v) is 4.81. The summed E-state index contributed by atoms with van der Waals surface area (Å²) in [6.45, 7) is 5.45. The largest absolute Gasteiger partial charge is 0.341 e. The summed E-state index contributed by atoms with van der Waals surface area (Å²) in [4.78, 5) is 29.5. The van der Waals surface area contributed by atoms with Gasteiger partial charge in [0.15, 0.2) is 0 Å². The van der Waals surface area contributed by atoms with Crippen molar-refractivity contribution in [3.63, 3.8) is 0 Å². The van der Waals surface area contributed by atoms with Crippen LogP contribution in [0, 0.1) is 5.92 Å². The third kappa shape index (κ3) is 4.07. The van der Waals surface area contributed by atoms with Crippen molar-refractivity contribution in [3.05, 3.63) is 34.7 Å². The van der Waals surface area contributed by atoms with Crippen molar-refractivity contribution in [1.29, 1.82) is 0 Å². The van der Waals surface area contributed by atoms with E-state index in [1.807, 2.05) is 33.7 Å². The lowest BCUT2D eigenvalue weighted by atomic mass is 10.0. The van der Waals surface area contributed by atoms with Crippen LogP contribution in [0.25, 0.3) is 11.0 Å². The Morgan fingerprint density at radius 1 is 1.28 bits per heavy atom. The van der Waals surface area contributed by atoms with Gasteiger partial charge in [-0.25, -0.2) is 4.79 Å². The zero-order chi connectivity index (χ0) is 17.3. The average Bonchev–Trinajstić information content (AvgIpc) is 2.89. The fraction of sp³-hybridized carbons (Fsp3) is 0.556. The molecule has 138 valence electrons. The van der Waals surface area contributed by atoms with E-state index in [9.17, 15) is 9.59 Å². The Labute approximate surface area is 153 Å². The van der Waals surface area contributed by atoms with Crippen LogP contribution in [0.3, 0.4) is 0 Å². The molecule has 0 spiro atoms. The highest BCUT2D eigenvalue weighted by Crippen LogP contribution is 2.25. The van der Waals surface area contributed by atoms with Gasteiger partial charge in [-0.3, -0.25) is 9.36 Å². The summed E-state index contributed by atoms with van der Waals surface area (Å²) in [5, 5.41) is 0. The molecule has 1 amide bonds. The Morgan fingerprint density at radius 2 is 1.92 bits per heavy atom. The molecule has 1 aromatic carbocycles. The van der Waals surface area contributed by atoms with Gasteiger partial charge in [-0.15, -0.1) is 12.4 Å². The van der Waals surface area contributed by atoms with Gasteiger partial charge in [-0.1, -0.05) is 26.0 Å². The molecule has 7 heteroatoms. The van der Waals surface area contributed by atoms with Gasteiger partial charge in [0.05, 0.1) is 17.1 Å². The summed E-state index contributed by atoms with van der Waals surface area (Å²) in [6, 6.07) is 7.44. The number of imidazole rings is 1. The monoisotopic (exact) mass is 366 g/mol. The molecule has 1 atom stereocenters. The molecule has 0 radical (unpaired) electrons. The van der Waals surface area contributed by atoms with Crippen LogP contribution in [0.4, 0.5) is 0 Å². The van der Waals surface area contributed by atoms with E-state index in [4.69, 9.17) is 5.73 Å². The standard InChI is InChI=1S/C18H26N4O2.ClH/c1-12(2)11-14(19)17(23)21-9-7-13(8-10-21)22-16-6-4-3-5-15(16)20-18(22)24;/h3-6,12-14H,7-11,19H2,1-2H3,(H,20,24);1H/t14-;/m0./s1. The number of hydrogen-bond acceptors (Lipinski definition) is 3. The van der Waals surface area contributed by atoms with Gasteiger partial charge in [-0.2, -0.15) is 0 Å². The Balaban J connectivity index is 0.00000225. The summed E-state index contributed by atoms with van der Waals surface area (Å²) in [6.07, 6.45) is 2.27. The Bertz CT molecular complexity index is 775. The number of nitrogens with zero attached hydrogens (tertiary/aromatic N) is 2. The first-order valence-electron chi connectivity index (χ1n) is 8.71. The number of carbonyl (C=O) groups excluding carboxylic acids is 1. The summed E-state index contributed by atoms with van der Waals surface area (Å²) in [5.74, 6) is 0.444. The number of H-pyrrole nitrogens is 1. The van der Waals surface area contributed by atoms with Gasteiger partial charge in [0.25, 0.3) is 0 Å². The minimum atomic E-state index is -0.419. The normalized spacial score (nSPS) is 16.9. The van der Waals surface area contributed by atoms with Crippen molar-refractivity contribution in [2.75, 3.05) is 13.1 Å². The number of para-hydroxylation sites is 2. The van der Waals surface area contributed by atoms with Crippen molar-refractivity contribution in [2.24, 2.45) is 11.7 Å². The van der Waals surface area contributed by atoms with E-state index in [-0.39, 0.29) is 30.0 Å². The number of fused-ring (bicyclic) bond motifs is 1. The molecule has 3 N–H and O–H groups in total. The van der Waals surface area contributed by atoms with Crippen LogP contribution in [0.2, 0.25) is 0 Å². The topological polar surface area (TPSA) is 84.1 Å². The van der Waals surface area contributed by atoms with Gasteiger partial charge in [0.1, 0.15) is 0 Å². The second-order valence-corrected chi connectivity index (χ2v) is 7.11. The Kier molecular flexibility index (Phi) is 6.30. The SMILES string of the molecule is CC(C)C[C@H](N)C(=O)N1CCC(n2c(=O)[nH]c3ccccc32)CC1.Cl. The summed E-state index contributed by atoms with van der Waals surface area (Å²) >= 11 is 0. The van der Waals surface area contributed by atoms with Crippen LogP contribution in [0.5, 0.6) is 0 Å². The molecule has 0 bridgehead atoms. The molecule has 1 saturated heterocycles. The number of carbonyl (C=O) groups is 1. The summed E-state index contributed by atoms with van der Waals surface area (Å²) in [7, 11) is 0. The number of halogens is 1. The summed E-state index contributed by atoms with van der Waals surface area (Å²) in [5.41, 5.74) is 7.75. The molecule has 0 saturated carbocycles. The number of nitrogens with one attached hydrogen (secondary N) is 1. The van der Waals surface area contributed by atoms with Gasteiger partial charge < -0.3 is 15.6 Å². The fourth-order valence-electron chi connectivity index (χ4n) is 3.62. The highest BCUT2D eigenvalue weighted by Gasteiger charge is 2.28. The third-order valence-electron chi connectivity index (χ3n) is 4.81. The number of piperidine rings is 1. The van der Waals surface area contributed by atoms with Gasteiger partial charge in [0, 0.05) is 19.1 Å². The second-order valence-electron chi connectivity index (χ2n) is 7.11. The molecule has 2 heterocycles. The van der Waals surface area contributed by atoms with Crippen LogP contribution in [0.1, 0.15) is 39.2 Å². The molecule has 6 nitrogen and oxygen atoms in total. The molecule has 1 aliphatic heterocycles. The smallest absolute Gasteiger partial charge is 0.326 e. The lowest BCUT2D eigenvalue weighted by Crippen LogP contribution is -2.48. The van der Waals surface area contributed by atoms with Crippen LogP contribution in [0.15, 0.2) is 29.1 Å². The van der Waals surface area contributed by atoms with Gasteiger partial charge >= 0.3 is 5.69 Å². The molecular weight excluding hydrogens is 340 g/mol. The highest BCUT2D eigenvalue weighted by atomic mass is 35.5. The number of aromatic nitrogens is 2. The maximum absolute atomic E-state index is 12.4. The lowest BCUT2D eigenvalue weighted by Gasteiger charge is -2.34. The average molecular weight is 367 g/mol. The van der Waals surface area contributed by atoms with E-state index in [0.717, 1.165) is 23.9 Å². The number of amides is 1. The van der Waals surface area contributed by atoms with Crippen molar-refractivity contribution < 1.29 is 4.79 Å². The van der Waals surface area contributed by atoms with Crippen LogP contribution >= 0.6 is 12.4 Å². The zero-order valence-electron chi connectivity index (χ0n) is 14.8. The first-order valence-corrected chi connectivity index (χ1v) is 8.71. The maximum Gasteiger partial charge on any atom is 0.326 e. The van der Waals surface area contributed by atoms with Crippen LogP contribution in [-0.2, 0) is 4.79 Å². The predicted molar refractivity (Wildman–Crippen MR) is 102 cm³/mol. The number of benzene rings is 1. The molecular formula is C18H27ClN4O2. The first kappa shape index (κ1) is 19.5. The van der Waals surface area contributed by atoms with Crippen molar-refractivity contribution >= 4 is 29.3 Å². The van der Waals surface area contributed by atoms with E-state index in [0.29, 0.717) is 25.4 Å². The fourth-order valence-corrected chi connectivity index (χ4v) is 3.62. The van der Waals surface area contributed by atoms with E-state index in [2.05, 4.69) is 18.8 Å². The molecule has 1 aromatic heterocycles. The number of likely N-dealkylation sites (tertiary alicyclic amines) is 1. The minimum absolute atomic E-state index is 0. The molecule has 3 rings (SSSR count). The number of aromatic amines is 1. The molecule has 25 heavy (non-hydrogen) atoms. The predicted octanol–water partition coefficient (Wildman–Crippen LogP) is 2.29. The van der Waals surface area contributed by atoms with Crippen LogP contribution < -0.4 is 11.4 Å². The molecule has 2 aromatic rings. The van der Waals surface area contributed by atoms with E-state index in [1.165, 1.54) is 0 Å². The molecule has 1 fully saturated rings. The van der Waals surface area contributed by atoms with Gasteiger partial charge in [0.2, 0.25) is 5.91 Å². The van der Waals surface area contributed by atoms with E-state index >= 15 is 0 Å². The lowest BCUT2D eigenvalue weighted by molar-refractivity contribution is -0.134. The van der Waals surface area contributed by atoms with Crippen molar-refractivity contribution in [3.8, 4) is 0 Å². The van der Waals surface area contributed by atoms with Gasteiger partial charge in [-0.05, 0) is 37.3 Å². The first-order chi connectivity index (χ1) is 11.5. The quantitative estimate of drug-likeness (QED) is 0.870. The Morgan fingerprint density at radius 3 is 2.56 bits per heavy atom. The second kappa shape index (κ2) is 8.06. The maximum atomic E-state index is 12.4. The Hall–Kier alpha value is -1.79. The zero-order valence-corrected chi connectivity index (χ0v) is 15.6. The molecule has 0 aliphatic carbocycles. The summed E-state index contributed by atoms with van der Waals surface area (Å²) < 4.78 is 1.84. The van der Waals surface area contributed by atoms with Crippen LogP contribution in [-0.4, -0.2) is 39.5 Å². The van der Waals surface area contributed by atoms with Crippen molar-refractivity contribution in [2.45, 2.75) is 45.2 Å².